The molecule has 0 spiro atoms. The highest BCUT2D eigenvalue weighted by molar-refractivity contribution is 5.93. The Morgan fingerprint density at radius 3 is 2.92 bits per heavy atom. The number of aromatic nitrogens is 2. The molecule has 1 fully saturated rings. The van der Waals surface area contributed by atoms with Gasteiger partial charge in [0.2, 0.25) is 0 Å². The number of ether oxygens (including phenoxy) is 1. The molecule has 1 aromatic heterocycles. The number of likely N-dealkylation sites (tertiary alicyclic amines) is 1. The standard InChI is InChI=1S/C17H24N4O3/c1-5-6-14(22)18-9-13-10-19-20-15(13)12-7-8-21(11-12)16(23)24-17(2,3)4/h10,12H,7-9,11H2,1-4H3,(H,18,22)(H,19,20). The summed E-state index contributed by atoms with van der Waals surface area (Å²) in [5, 5.41) is 9.81. The number of amides is 2. The van der Waals surface area contributed by atoms with Crippen molar-refractivity contribution in [3.05, 3.63) is 17.5 Å². The van der Waals surface area contributed by atoms with Crippen LogP contribution in [0, 0.1) is 11.8 Å². The Labute approximate surface area is 142 Å². The molecule has 1 atom stereocenters. The van der Waals surface area contributed by atoms with E-state index in [0.717, 1.165) is 17.7 Å². The van der Waals surface area contributed by atoms with Gasteiger partial charge in [0, 0.05) is 36.8 Å². The van der Waals surface area contributed by atoms with Gasteiger partial charge >= 0.3 is 6.09 Å². The largest absolute Gasteiger partial charge is 0.444 e. The van der Waals surface area contributed by atoms with Gasteiger partial charge in [-0.05, 0) is 40.0 Å². The van der Waals surface area contributed by atoms with Gasteiger partial charge in [-0.1, -0.05) is 5.92 Å². The normalized spacial score (nSPS) is 17.2. The molecule has 2 amide bonds. The van der Waals surface area contributed by atoms with Crippen molar-refractivity contribution in [2.75, 3.05) is 13.1 Å². The van der Waals surface area contributed by atoms with E-state index in [4.69, 9.17) is 4.74 Å². The third-order valence-electron chi connectivity index (χ3n) is 3.68. The summed E-state index contributed by atoms with van der Waals surface area (Å²) < 4.78 is 5.41. The van der Waals surface area contributed by atoms with Crippen LogP contribution in [0.3, 0.4) is 0 Å². The van der Waals surface area contributed by atoms with Gasteiger partial charge in [-0.2, -0.15) is 5.10 Å². The highest BCUT2D eigenvalue weighted by atomic mass is 16.6. The van der Waals surface area contributed by atoms with E-state index >= 15 is 0 Å². The number of nitrogens with one attached hydrogen (secondary N) is 2. The Hall–Kier alpha value is -2.49. The molecule has 130 valence electrons. The number of nitrogens with zero attached hydrogens (tertiary/aromatic N) is 2. The first-order valence-corrected chi connectivity index (χ1v) is 8.01. The van der Waals surface area contributed by atoms with E-state index in [2.05, 4.69) is 27.4 Å². The molecule has 2 rings (SSSR count). The molecule has 7 nitrogen and oxygen atoms in total. The molecule has 24 heavy (non-hydrogen) atoms. The molecule has 0 saturated carbocycles. The fraction of sp³-hybridized carbons (Fsp3) is 0.588. The smallest absolute Gasteiger partial charge is 0.410 e. The maximum atomic E-state index is 12.2. The Morgan fingerprint density at radius 1 is 1.50 bits per heavy atom. The van der Waals surface area contributed by atoms with Gasteiger partial charge in [0.25, 0.3) is 5.91 Å². The van der Waals surface area contributed by atoms with E-state index in [1.807, 2.05) is 20.8 Å². The Kier molecular flexibility index (Phi) is 5.50. The topological polar surface area (TPSA) is 87.3 Å². The quantitative estimate of drug-likeness (QED) is 0.826. The summed E-state index contributed by atoms with van der Waals surface area (Å²) in [5.41, 5.74) is 1.36. The molecule has 2 heterocycles. The van der Waals surface area contributed by atoms with Gasteiger partial charge in [0.1, 0.15) is 5.60 Å². The molecule has 1 aliphatic heterocycles. The average Bonchev–Trinajstić information content (AvgIpc) is 3.12. The lowest BCUT2D eigenvalue weighted by Crippen LogP contribution is -2.35. The molecule has 0 aromatic carbocycles. The van der Waals surface area contributed by atoms with Gasteiger partial charge in [0.05, 0.1) is 6.20 Å². The minimum atomic E-state index is -0.501. The summed E-state index contributed by atoms with van der Waals surface area (Å²) >= 11 is 0. The van der Waals surface area contributed by atoms with Crippen LogP contribution < -0.4 is 5.32 Å². The third kappa shape index (κ3) is 4.75. The Balaban J connectivity index is 1.96. The number of hydrogen-bond acceptors (Lipinski definition) is 4. The molecular weight excluding hydrogens is 308 g/mol. The summed E-state index contributed by atoms with van der Waals surface area (Å²) in [6.45, 7) is 8.77. The molecule has 0 bridgehead atoms. The van der Waals surface area contributed by atoms with Gasteiger partial charge in [-0.25, -0.2) is 4.79 Å². The SMILES string of the molecule is CC#CC(=O)NCc1cn[nH]c1C1CCN(C(=O)OC(C)(C)C)C1. The zero-order chi connectivity index (χ0) is 17.7. The first-order valence-electron chi connectivity index (χ1n) is 8.01. The second-order valence-corrected chi connectivity index (χ2v) is 6.78. The predicted octanol–water partition coefficient (Wildman–Crippen LogP) is 1.77. The third-order valence-corrected chi connectivity index (χ3v) is 3.68. The lowest BCUT2D eigenvalue weighted by atomic mass is 10.0. The van der Waals surface area contributed by atoms with Gasteiger partial charge in [-0.15, -0.1) is 0 Å². The zero-order valence-corrected chi connectivity index (χ0v) is 14.6. The minimum absolute atomic E-state index is 0.157. The Morgan fingerprint density at radius 2 is 2.25 bits per heavy atom. The van der Waals surface area contributed by atoms with Crippen molar-refractivity contribution >= 4 is 12.0 Å². The first kappa shape index (κ1) is 17.9. The van der Waals surface area contributed by atoms with Crippen LogP contribution in [0.4, 0.5) is 4.79 Å². The zero-order valence-electron chi connectivity index (χ0n) is 14.6. The molecule has 1 aromatic rings. The van der Waals surface area contributed by atoms with E-state index in [0.29, 0.717) is 19.6 Å². The van der Waals surface area contributed by atoms with Crippen molar-refractivity contribution < 1.29 is 14.3 Å². The van der Waals surface area contributed by atoms with Crippen molar-refractivity contribution in [3.63, 3.8) is 0 Å². The van der Waals surface area contributed by atoms with E-state index in [-0.39, 0.29) is 17.9 Å². The number of aromatic amines is 1. The van der Waals surface area contributed by atoms with Crippen LogP contribution in [0.5, 0.6) is 0 Å². The fourth-order valence-corrected chi connectivity index (χ4v) is 2.64. The molecule has 0 aliphatic carbocycles. The van der Waals surface area contributed by atoms with E-state index in [1.54, 1.807) is 18.0 Å². The van der Waals surface area contributed by atoms with E-state index < -0.39 is 5.60 Å². The van der Waals surface area contributed by atoms with Gasteiger partial charge < -0.3 is 15.0 Å². The first-order chi connectivity index (χ1) is 11.3. The van der Waals surface area contributed by atoms with Crippen LogP contribution in [0.25, 0.3) is 0 Å². The van der Waals surface area contributed by atoms with Crippen LogP contribution >= 0.6 is 0 Å². The molecule has 1 aliphatic rings. The van der Waals surface area contributed by atoms with Gasteiger partial charge in [-0.3, -0.25) is 9.89 Å². The van der Waals surface area contributed by atoms with Crippen molar-refractivity contribution in [1.29, 1.82) is 0 Å². The monoisotopic (exact) mass is 332 g/mol. The van der Waals surface area contributed by atoms with Crippen molar-refractivity contribution in [2.24, 2.45) is 0 Å². The molecule has 0 radical (unpaired) electrons. The minimum Gasteiger partial charge on any atom is -0.444 e. The molecule has 1 saturated heterocycles. The van der Waals surface area contributed by atoms with Crippen LogP contribution in [-0.2, 0) is 16.1 Å². The van der Waals surface area contributed by atoms with Crippen LogP contribution in [0.1, 0.15) is 51.3 Å². The molecule has 2 N–H and O–H groups in total. The number of carbonyl (C=O) groups is 2. The molecule has 7 heteroatoms. The number of carbonyl (C=O) groups excluding carboxylic acids is 2. The maximum Gasteiger partial charge on any atom is 0.410 e. The second-order valence-electron chi connectivity index (χ2n) is 6.78. The summed E-state index contributed by atoms with van der Waals surface area (Å²) in [6, 6.07) is 0. The number of hydrogen-bond donors (Lipinski definition) is 2. The lowest BCUT2D eigenvalue weighted by molar-refractivity contribution is -0.115. The second kappa shape index (κ2) is 7.39. The fourth-order valence-electron chi connectivity index (χ4n) is 2.64. The molecule has 1 unspecified atom stereocenters. The van der Waals surface area contributed by atoms with E-state index in [1.165, 1.54) is 0 Å². The lowest BCUT2D eigenvalue weighted by Gasteiger charge is -2.24. The van der Waals surface area contributed by atoms with Crippen LogP contribution in [0.15, 0.2) is 6.20 Å². The predicted molar refractivity (Wildman–Crippen MR) is 89.0 cm³/mol. The van der Waals surface area contributed by atoms with E-state index in [9.17, 15) is 9.59 Å². The maximum absolute atomic E-state index is 12.2. The van der Waals surface area contributed by atoms with Crippen molar-refractivity contribution in [3.8, 4) is 11.8 Å². The number of rotatable bonds is 3. The summed E-state index contributed by atoms with van der Waals surface area (Å²) in [6.07, 6.45) is 2.24. The highest BCUT2D eigenvalue weighted by Gasteiger charge is 2.32. The van der Waals surface area contributed by atoms with Gasteiger partial charge in [0.15, 0.2) is 0 Å². The summed E-state index contributed by atoms with van der Waals surface area (Å²) in [4.78, 5) is 25.3. The van der Waals surface area contributed by atoms with Crippen molar-refractivity contribution in [2.45, 2.75) is 52.2 Å². The number of H-pyrrole nitrogens is 1. The van der Waals surface area contributed by atoms with Crippen molar-refractivity contribution in [1.82, 2.24) is 20.4 Å². The highest BCUT2D eigenvalue weighted by Crippen LogP contribution is 2.29. The van der Waals surface area contributed by atoms with Crippen LogP contribution in [0.2, 0.25) is 0 Å². The average molecular weight is 332 g/mol. The summed E-state index contributed by atoms with van der Waals surface area (Å²) in [7, 11) is 0. The summed E-state index contributed by atoms with van der Waals surface area (Å²) in [5.74, 6) is 4.84. The Bertz CT molecular complexity index is 663. The van der Waals surface area contributed by atoms with Crippen LogP contribution in [-0.4, -0.2) is 45.8 Å². The molecular formula is C17H24N4O3.